The fraction of sp³-hybridized carbons (Fsp3) is 0.818. The van der Waals surface area contributed by atoms with E-state index in [-0.39, 0.29) is 0 Å². The third kappa shape index (κ3) is 3.69. The highest BCUT2D eigenvalue weighted by Crippen LogP contribution is 2.45. The Morgan fingerprint density at radius 2 is 1.73 bits per heavy atom. The summed E-state index contributed by atoms with van der Waals surface area (Å²) in [6.07, 6.45) is 23.3. The van der Waals surface area contributed by atoms with Gasteiger partial charge in [0.1, 0.15) is 0 Å². The Balaban J connectivity index is 1.65. The molecular weight excluding hydrogens is 264 g/mol. The predicted octanol–water partition coefficient (Wildman–Crippen LogP) is 6.92. The van der Waals surface area contributed by atoms with Crippen molar-refractivity contribution < 1.29 is 0 Å². The third-order valence-electron chi connectivity index (χ3n) is 7.08. The Hall–Kier alpha value is -0.520. The summed E-state index contributed by atoms with van der Waals surface area (Å²) in [4.78, 5) is 0. The average molecular weight is 301 g/mol. The molecule has 1 saturated carbocycles. The molecule has 0 amide bonds. The quantitative estimate of drug-likeness (QED) is 0.382. The Morgan fingerprint density at radius 1 is 0.909 bits per heavy atom. The van der Waals surface area contributed by atoms with Gasteiger partial charge in [-0.25, -0.2) is 0 Å². The van der Waals surface area contributed by atoms with Crippen molar-refractivity contribution in [1.29, 1.82) is 0 Å². The molecule has 22 heavy (non-hydrogen) atoms. The minimum atomic E-state index is 0.894. The zero-order chi connectivity index (χ0) is 15.4. The van der Waals surface area contributed by atoms with Crippen LogP contribution in [0.3, 0.4) is 0 Å². The first-order chi connectivity index (χ1) is 10.8. The molecule has 3 aliphatic rings. The second kappa shape index (κ2) is 7.84. The fourth-order valence-corrected chi connectivity index (χ4v) is 5.44. The average Bonchev–Trinajstić information content (AvgIpc) is 2.79. The topological polar surface area (TPSA) is 0 Å². The summed E-state index contributed by atoms with van der Waals surface area (Å²) in [7, 11) is 0. The maximum Gasteiger partial charge on any atom is -0.0197 e. The van der Waals surface area contributed by atoms with Crippen molar-refractivity contribution >= 4 is 0 Å². The standard InChI is InChI=1S/C22H36/c1-3-18-9-7-8-12-21(18)22-11-6-4-5-10-20(22)16-15-19-14-13-17(19)2/h7-8,14,17-18,20-22H,3-6,9-13,15-16H2,1-2H3. The molecule has 0 N–H and O–H groups in total. The highest BCUT2D eigenvalue weighted by Gasteiger charge is 2.34. The lowest BCUT2D eigenvalue weighted by atomic mass is 9.66. The summed E-state index contributed by atoms with van der Waals surface area (Å²) < 4.78 is 0. The van der Waals surface area contributed by atoms with Crippen LogP contribution in [-0.4, -0.2) is 0 Å². The van der Waals surface area contributed by atoms with Crippen molar-refractivity contribution in [2.75, 3.05) is 0 Å². The molecule has 1 fully saturated rings. The highest BCUT2D eigenvalue weighted by molar-refractivity contribution is 5.16. The predicted molar refractivity (Wildman–Crippen MR) is 96.8 cm³/mol. The number of hydrogen-bond donors (Lipinski definition) is 0. The molecule has 0 heteroatoms. The molecule has 5 atom stereocenters. The maximum absolute atomic E-state index is 2.51. The van der Waals surface area contributed by atoms with Gasteiger partial charge in [-0.15, -0.1) is 0 Å². The van der Waals surface area contributed by atoms with Crippen LogP contribution in [-0.2, 0) is 0 Å². The van der Waals surface area contributed by atoms with Gasteiger partial charge >= 0.3 is 0 Å². The minimum absolute atomic E-state index is 0.894. The summed E-state index contributed by atoms with van der Waals surface area (Å²) >= 11 is 0. The lowest BCUT2D eigenvalue weighted by molar-refractivity contribution is 0.135. The van der Waals surface area contributed by atoms with Crippen molar-refractivity contribution in [3.05, 3.63) is 23.8 Å². The van der Waals surface area contributed by atoms with Crippen LogP contribution >= 0.6 is 0 Å². The van der Waals surface area contributed by atoms with Crippen LogP contribution in [0.15, 0.2) is 23.8 Å². The van der Waals surface area contributed by atoms with Crippen molar-refractivity contribution in [3.63, 3.8) is 0 Å². The van der Waals surface area contributed by atoms with Gasteiger partial charge in [-0.2, -0.15) is 0 Å². The van der Waals surface area contributed by atoms with Crippen LogP contribution < -0.4 is 0 Å². The first kappa shape index (κ1) is 16.3. The van der Waals surface area contributed by atoms with E-state index >= 15 is 0 Å². The molecule has 0 aromatic heterocycles. The van der Waals surface area contributed by atoms with E-state index in [9.17, 15) is 0 Å². The molecule has 0 aromatic rings. The molecule has 0 radical (unpaired) electrons. The van der Waals surface area contributed by atoms with Gasteiger partial charge < -0.3 is 0 Å². The summed E-state index contributed by atoms with van der Waals surface area (Å²) in [6, 6.07) is 0. The van der Waals surface area contributed by atoms with Gasteiger partial charge in [-0.1, -0.05) is 69.8 Å². The molecule has 0 heterocycles. The maximum atomic E-state index is 2.51. The monoisotopic (exact) mass is 300 g/mol. The summed E-state index contributed by atoms with van der Waals surface area (Å²) in [5.74, 6) is 4.89. The molecule has 124 valence electrons. The zero-order valence-corrected chi connectivity index (χ0v) is 14.9. The SMILES string of the molecule is CCC1CC=CCC1C1CCCCCC1CCC1=CCC1C. The largest absolute Gasteiger partial charge is 0.0882 e. The van der Waals surface area contributed by atoms with Crippen molar-refractivity contribution in [2.24, 2.45) is 29.6 Å². The van der Waals surface area contributed by atoms with E-state index in [0.29, 0.717) is 0 Å². The Kier molecular flexibility index (Phi) is 5.83. The van der Waals surface area contributed by atoms with Gasteiger partial charge in [-0.05, 0) is 68.1 Å². The van der Waals surface area contributed by atoms with Crippen LogP contribution in [0.2, 0.25) is 0 Å². The summed E-state index contributed by atoms with van der Waals surface area (Å²) in [5.41, 5.74) is 1.78. The molecule has 0 nitrogen and oxygen atoms in total. The molecule has 0 saturated heterocycles. The lowest BCUT2D eigenvalue weighted by Crippen LogP contribution is -2.30. The molecule has 3 rings (SSSR count). The Morgan fingerprint density at radius 3 is 2.45 bits per heavy atom. The van der Waals surface area contributed by atoms with Crippen molar-refractivity contribution in [2.45, 2.75) is 84.5 Å². The number of allylic oxidation sites excluding steroid dienone is 4. The van der Waals surface area contributed by atoms with E-state index in [1.807, 2.05) is 0 Å². The normalized spacial score (nSPS) is 39.0. The van der Waals surface area contributed by atoms with Gasteiger partial charge in [-0.3, -0.25) is 0 Å². The first-order valence-electron chi connectivity index (χ1n) is 10.1. The fourth-order valence-electron chi connectivity index (χ4n) is 5.44. The van der Waals surface area contributed by atoms with Gasteiger partial charge in [0, 0.05) is 0 Å². The van der Waals surface area contributed by atoms with Crippen LogP contribution in [0.25, 0.3) is 0 Å². The smallest absolute Gasteiger partial charge is 0.0197 e. The van der Waals surface area contributed by atoms with E-state index in [0.717, 1.165) is 29.6 Å². The van der Waals surface area contributed by atoms with Gasteiger partial charge in [0.05, 0.1) is 0 Å². The molecular formula is C22H36. The zero-order valence-electron chi connectivity index (χ0n) is 14.9. The van der Waals surface area contributed by atoms with E-state index in [2.05, 4.69) is 32.1 Å². The molecule has 0 aliphatic heterocycles. The number of rotatable bonds is 5. The molecule has 3 aliphatic carbocycles. The van der Waals surface area contributed by atoms with E-state index in [1.165, 1.54) is 70.6 Å². The lowest BCUT2D eigenvalue weighted by Gasteiger charge is -2.39. The summed E-state index contributed by atoms with van der Waals surface area (Å²) in [5, 5.41) is 0. The van der Waals surface area contributed by atoms with E-state index in [1.54, 1.807) is 5.57 Å². The second-order valence-electron chi connectivity index (χ2n) is 8.29. The number of hydrogen-bond acceptors (Lipinski definition) is 0. The van der Waals surface area contributed by atoms with E-state index in [4.69, 9.17) is 0 Å². The highest BCUT2D eigenvalue weighted by atomic mass is 14.4. The van der Waals surface area contributed by atoms with Crippen LogP contribution in [0, 0.1) is 29.6 Å². The van der Waals surface area contributed by atoms with Crippen LogP contribution in [0.5, 0.6) is 0 Å². The molecule has 0 bridgehead atoms. The third-order valence-corrected chi connectivity index (χ3v) is 7.08. The summed E-state index contributed by atoms with van der Waals surface area (Å²) in [6.45, 7) is 4.84. The second-order valence-corrected chi connectivity index (χ2v) is 8.29. The molecule has 5 unspecified atom stereocenters. The Bertz CT molecular complexity index is 402. The van der Waals surface area contributed by atoms with Crippen LogP contribution in [0.4, 0.5) is 0 Å². The van der Waals surface area contributed by atoms with E-state index < -0.39 is 0 Å². The first-order valence-corrected chi connectivity index (χ1v) is 10.1. The Labute approximate surface area is 138 Å². The van der Waals surface area contributed by atoms with Crippen LogP contribution in [0.1, 0.15) is 84.5 Å². The van der Waals surface area contributed by atoms with Gasteiger partial charge in [0.25, 0.3) is 0 Å². The molecule has 0 spiro atoms. The van der Waals surface area contributed by atoms with Gasteiger partial charge in [0.2, 0.25) is 0 Å². The molecule has 0 aromatic carbocycles. The van der Waals surface area contributed by atoms with Crippen molar-refractivity contribution in [3.8, 4) is 0 Å². The minimum Gasteiger partial charge on any atom is -0.0882 e. The van der Waals surface area contributed by atoms with Gasteiger partial charge in [0.15, 0.2) is 0 Å². The van der Waals surface area contributed by atoms with Crippen molar-refractivity contribution in [1.82, 2.24) is 0 Å².